The summed E-state index contributed by atoms with van der Waals surface area (Å²) in [5.74, 6) is -1.51. The van der Waals surface area contributed by atoms with E-state index in [4.69, 9.17) is 22.1 Å². The number of anilines is 3. The van der Waals surface area contributed by atoms with Crippen LogP contribution in [0.3, 0.4) is 0 Å². The summed E-state index contributed by atoms with van der Waals surface area (Å²) >= 11 is 6.02. The number of rotatable bonds is 3. The number of hydrogen-bond donors (Lipinski definition) is 3. The minimum atomic E-state index is -3.95. The summed E-state index contributed by atoms with van der Waals surface area (Å²) in [7, 11) is -2.70. The average molecular weight is 512 g/mol. The van der Waals surface area contributed by atoms with E-state index < -0.39 is 38.8 Å². The van der Waals surface area contributed by atoms with Crippen LogP contribution in [0, 0.1) is 5.82 Å². The highest BCUT2D eigenvalue weighted by molar-refractivity contribution is 7.89. The molecule has 0 spiro atoms. The Hall–Kier alpha value is -3.05. The van der Waals surface area contributed by atoms with Gasteiger partial charge in [-0.1, -0.05) is 23.7 Å². The summed E-state index contributed by atoms with van der Waals surface area (Å²) in [6, 6.07) is 9.22. The van der Waals surface area contributed by atoms with E-state index in [0.717, 1.165) is 4.31 Å². The summed E-state index contributed by atoms with van der Waals surface area (Å²) < 4.78 is 47.5. The molecule has 1 aliphatic heterocycles. The van der Waals surface area contributed by atoms with Crippen LogP contribution in [0.25, 0.3) is 0 Å². The van der Waals surface area contributed by atoms with Crippen LogP contribution >= 0.6 is 11.6 Å². The maximum Gasteiger partial charge on any atom is 0.414 e. The molecule has 34 heavy (non-hydrogen) atoms. The molecule has 0 unspecified atom stereocenters. The summed E-state index contributed by atoms with van der Waals surface area (Å²) in [6.07, 6.45) is -0.884. The third-order valence-electron chi connectivity index (χ3n) is 5.01. The number of nitrogens with one attached hydrogen (secondary N) is 2. The lowest BCUT2D eigenvalue weighted by Crippen LogP contribution is -2.54. The number of amides is 1. The fraction of sp³-hybridized carbons (Fsp3) is 0.364. The van der Waals surface area contributed by atoms with Crippen molar-refractivity contribution >= 4 is 50.7 Å². The molecule has 0 radical (unpaired) electrons. The van der Waals surface area contributed by atoms with Gasteiger partial charge < -0.3 is 15.8 Å². The first-order valence-corrected chi connectivity index (χ1v) is 12.3. The zero-order valence-electron chi connectivity index (χ0n) is 19.4. The Labute approximate surface area is 203 Å². The van der Waals surface area contributed by atoms with Gasteiger partial charge in [-0.05, 0) is 52.0 Å². The Bertz CT molecular complexity index is 1260. The molecule has 0 saturated heterocycles. The highest BCUT2D eigenvalue weighted by Gasteiger charge is 2.43. The Morgan fingerprint density at radius 2 is 1.94 bits per heavy atom. The molecule has 4 N–H and O–H groups in total. The Kier molecular flexibility index (Phi) is 6.73. The molecule has 2 aromatic rings. The van der Waals surface area contributed by atoms with Gasteiger partial charge in [0.1, 0.15) is 11.1 Å². The van der Waals surface area contributed by atoms with Gasteiger partial charge >= 0.3 is 6.09 Å². The number of nitrogens with two attached hydrogens (primary N) is 1. The van der Waals surface area contributed by atoms with Crippen LogP contribution in [0.15, 0.2) is 41.4 Å². The summed E-state index contributed by atoms with van der Waals surface area (Å²) in [6.45, 7) is 6.48. The topological polar surface area (TPSA) is 126 Å². The number of aliphatic imine (C=N–C) groups is 1. The van der Waals surface area contributed by atoms with Crippen LogP contribution in [0.2, 0.25) is 5.02 Å². The quantitative estimate of drug-likeness (QED) is 0.531. The molecule has 2 aromatic carbocycles. The van der Waals surface area contributed by atoms with E-state index in [1.165, 1.54) is 26.1 Å². The molecule has 0 aromatic heterocycles. The second-order valence-corrected chi connectivity index (χ2v) is 11.5. The fourth-order valence-corrected chi connectivity index (χ4v) is 5.03. The van der Waals surface area contributed by atoms with E-state index >= 15 is 4.39 Å². The molecule has 0 aliphatic carbocycles. The molecule has 0 bridgehead atoms. The molecule has 0 saturated carbocycles. The van der Waals surface area contributed by atoms with Crippen molar-refractivity contribution in [1.29, 1.82) is 0 Å². The van der Waals surface area contributed by atoms with Crippen molar-refractivity contribution < 1.29 is 22.3 Å². The number of nitrogens with zero attached hydrogens (tertiary/aromatic N) is 2. The van der Waals surface area contributed by atoms with Crippen molar-refractivity contribution in [1.82, 2.24) is 9.62 Å². The first-order chi connectivity index (χ1) is 15.6. The summed E-state index contributed by atoms with van der Waals surface area (Å²) in [5, 5.41) is 5.66. The monoisotopic (exact) mass is 511 g/mol. The number of nitrogen functional groups attached to an aromatic ring is 1. The standard InChI is InChI=1S/C22H27ClFN5O4S/c1-21(2,3)33-20(30)27-19-28-22(4,12-34(31,32)29(19)5)14-7-6-8-16(18(14)24)26-17-11-13(23)9-10-15(17)25/h6-11,26H,12,25H2,1-5H3,(H,27,28,30)/t22-/m0/s1. The number of carbonyl (C=O) groups excluding carboxylic acids is 1. The van der Waals surface area contributed by atoms with Gasteiger partial charge in [0.2, 0.25) is 16.0 Å². The Balaban J connectivity index is 2.03. The number of hydrogen-bond acceptors (Lipinski definition) is 7. The molecule has 9 nitrogen and oxygen atoms in total. The van der Waals surface area contributed by atoms with Crippen LogP contribution in [-0.2, 0) is 20.3 Å². The number of alkyl carbamates (subject to hydrolysis) is 1. The van der Waals surface area contributed by atoms with Crippen molar-refractivity contribution in [3.63, 3.8) is 0 Å². The van der Waals surface area contributed by atoms with Gasteiger partial charge in [-0.2, -0.15) is 0 Å². The van der Waals surface area contributed by atoms with Crippen LogP contribution in [0.4, 0.5) is 26.2 Å². The van der Waals surface area contributed by atoms with Crippen molar-refractivity contribution in [2.75, 3.05) is 23.9 Å². The highest BCUT2D eigenvalue weighted by Crippen LogP contribution is 2.37. The lowest BCUT2D eigenvalue weighted by Gasteiger charge is -2.36. The molecule has 1 amide bonds. The number of sulfonamides is 1. The van der Waals surface area contributed by atoms with Crippen molar-refractivity contribution in [2.24, 2.45) is 4.99 Å². The predicted molar refractivity (Wildman–Crippen MR) is 131 cm³/mol. The molecule has 12 heteroatoms. The van der Waals surface area contributed by atoms with Crippen LogP contribution in [0.5, 0.6) is 0 Å². The zero-order chi connectivity index (χ0) is 25.5. The predicted octanol–water partition coefficient (Wildman–Crippen LogP) is 4.18. The molecule has 1 heterocycles. The minimum absolute atomic E-state index is 0.0123. The summed E-state index contributed by atoms with van der Waals surface area (Å²) in [4.78, 5) is 16.7. The number of benzene rings is 2. The van der Waals surface area contributed by atoms with E-state index in [1.54, 1.807) is 45.0 Å². The third-order valence-corrected chi connectivity index (χ3v) is 7.18. The van der Waals surface area contributed by atoms with Gasteiger partial charge in [0, 0.05) is 17.6 Å². The molecule has 184 valence electrons. The third kappa shape index (κ3) is 5.53. The van der Waals surface area contributed by atoms with Crippen molar-refractivity contribution in [2.45, 2.75) is 38.8 Å². The van der Waals surface area contributed by atoms with E-state index in [2.05, 4.69) is 15.6 Å². The molecular formula is C22H27ClFN5O4S. The van der Waals surface area contributed by atoms with E-state index in [-0.39, 0.29) is 17.2 Å². The van der Waals surface area contributed by atoms with Gasteiger partial charge in [0.25, 0.3) is 0 Å². The lowest BCUT2D eigenvalue weighted by molar-refractivity contribution is 0.0559. The number of ether oxygens (including phenoxy) is 1. The second-order valence-electron chi connectivity index (χ2n) is 9.08. The molecular weight excluding hydrogens is 485 g/mol. The van der Waals surface area contributed by atoms with Gasteiger partial charge in [-0.15, -0.1) is 0 Å². The number of carbonyl (C=O) groups is 1. The van der Waals surface area contributed by atoms with Gasteiger partial charge in [-0.3, -0.25) is 5.32 Å². The zero-order valence-corrected chi connectivity index (χ0v) is 21.0. The molecule has 1 atom stereocenters. The lowest BCUT2D eigenvalue weighted by atomic mass is 9.93. The molecule has 3 rings (SSSR count). The smallest absolute Gasteiger partial charge is 0.414 e. The van der Waals surface area contributed by atoms with Crippen LogP contribution in [0.1, 0.15) is 33.3 Å². The highest BCUT2D eigenvalue weighted by atomic mass is 35.5. The van der Waals surface area contributed by atoms with Crippen LogP contribution < -0.4 is 16.4 Å². The second kappa shape index (κ2) is 8.95. The first-order valence-electron chi connectivity index (χ1n) is 10.3. The average Bonchev–Trinajstić information content (AvgIpc) is 2.68. The molecule has 0 fully saturated rings. The largest absolute Gasteiger partial charge is 0.444 e. The van der Waals surface area contributed by atoms with Crippen molar-refractivity contribution in [3.05, 3.63) is 52.8 Å². The molecule has 1 aliphatic rings. The van der Waals surface area contributed by atoms with Gasteiger partial charge in [0.15, 0.2) is 5.82 Å². The fourth-order valence-electron chi connectivity index (χ4n) is 3.39. The maximum absolute atomic E-state index is 15.7. The summed E-state index contributed by atoms with van der Waals surface area (Å²) in [5.41, 5.74) is 4.40. The maximum atomic E-state index is 15.7. The van der Waals surface area contributed by atoms with Gasteiger partial charge in [-0.25, -0.2) is 26.9 Å². The van der Waals surface area contributed by atoms with Crippen LogP contribution in [-0.4, -0.2) is 43.2 Å². The first kappa shape index (κ1) is 25.6. The van der Waals surface area contributed by atoms with Gasteiger partial charge in [0.05, 0.1) is 22.8 Å². The Morgan fingerprint density at radius 1 is 1.26 bits per heavy atom. The Morgan fingerprint density at radius 3 is 2.59 bits per heavy atom. The van der Waals surface area contributed by atoms with Crippen molar-refractivity contribution in [3.8, 4) is 0 Å². The SMILES string of the molecule is CN1C(NC(=O)OC(C)(C)C)=N[C@](C)(c2cccc(Nc3cc(Cl)ccc3N)c2F)CS1(=O)=O. The van der Waals surface area contributed by atoms with E-state index in [0.29, 0.717) is 16.4 Å². The van der Waals surface area contributed by atoms with E-state index in [1.807, 2.05) is 0 Å². The number of halogens is 2. The normalized spacial score (nSPS) is 19.9. The number of guanidine groups is 1. The minimum Gasteiger partial charge on any atom is -0.444 e. The van der Waals surface area contributed by atoms with E-state index in [9.17, 15) is 13.2 Å².